The van der Waals surface area contributed by atoms with Crippen LogP contribution < -0.4 is 11.1 Å². The Morgan fingerprint density at radius 3 is 2.43 bits per heavy atom. The van der Waals surface area contributed by atoms with E-state index in [0.717, 1.165) is 0 Å². The van der Waals surface area contributed by atoms with Crippen LogP contribution in [-0.2, 0) is 4.79 Å². The number of likely N-dealkylation sites (tertiary alicyclic amines) is 1. The third-order valence-electron chi connectivity index (χ3n) is 5.24. The molecule has 0 bridgehead atoms. The second-order valence-corrected chi connectivity index (χ2v) is 7.23. The molecule has 0 atom stereocenters. The van der Waals surface area contributed by atoms with Crippen LogP contribution >= 0.6 is 0 Å². The third kappa shape index (κ3) is 4.45. The van der Waals surface area contributed by atoms with Gasteiger partial charge < -0.3 is 16.0 Å². The fraction of sp³-hybridized carbons (Fsp3) is 0.286. The molecule has 0 aromatic heterocycles. The van der Waals surface area contributed by atoms with E-state index in [1.807, 2.05) is 0 Å². The van der Waals surface area contributed by atoms with Crippen molar-refractivity contribution >= 4 is 29.1 Å². The van der Waals surface area contributed by atoms with Crippen molar-refractivity contribution in [3.8, 4) is 0 Å². The number of benzene rings is 2. The number of nitro groups is 1. The quantitative estimate of drug-likeness (QED) is 0.576. The van der Waals surface area contributed by atoms with Crippen molar-refractivity contribution in [1.82, 2.24) is 4.90 Å². The van der Waals surface area contributed by atoms with Crippen LogP contribution in [-0.4, -0.2) is 40.6 Å². The smallest absolute Gasteiger partial charge is 0.270 e. The number of nitrogens with two attached hydrogens (primary N) is 1. The van der Waals surface area contributed by atoms with Crippen LogP contribution in [0.1, 0.15) is 39.1 Å². The Morgan fingerprint density at radius 1 is 1.13 bits per heavy atom. The molecular weight excluding hydrogens is 388 g/mol. The minimum atomic E-state index is -0.575. The average Bonchev–Trinajstić information content (AvgIpc) is 2.73. The molecule has 30 heavy (non-hydrogen) atoms. The summed E-state index contributed by atoms with van der Waals surface area (Å²) >= 11 is 0. The highest BCUT2D eigenvalue weighted by molar-refractivity contribution is 6.09. The predicted molar refractivity (Wildman–Crippen MR) is 110 cm³/mol. The molecule has 3 rings (SSSR count). The number of hydrogen-bond donors (Lipinski definition) is 2. The molecule has 1 fully saturated rings. The summed E-state index contributed by atoms with van der Waals surface area (Å²) in [5.41, 5.74) is 6.65. The summed E-state index contributed by atoms with van der Waals surface area (Å²) in [6, 6.07) is 10.5. The lowest BCUT2D eigenvalue weighted by Gasteiger charge is -2.31. The van der Waals surface area contributed by atoms with E-state index in [0.29, 0.717) is 42.7 Å². The highest BCUT2D eigenvalue weighted by atomic mass is 16.6. The maximum atomic E-state index is 13.1. The Kier molecular flexibility index (Phi) is 6.10. The van der Waals surface area contributed by atoms with Gasteiger partial charge in [-0.3, -0.25) is 24.5 Å². The first-order chi connectivity index (χ1) is 14.3. The largest absolute Gasteiger partial charge is 0.369 e. The second-order valence-electron chi connectivity index (χ2n) is 7.23. The Hall–Kier alpha value is -3.75. The number of nitrogens with one attached hydrogen (secondary N) is 1. The van der Waals surface area contributed by atoms with Crippen LogP contribution in [0.4, 0.5) is 11.4 Å². The number of anilines is 1. The van der Waals surface area contributed by atoms with E-state index in [1.54, 1.807) is 30.0 Å². The number of amides is 3. The summed E-state index contributed by atoms with van der Waals surface area (Å²) in [7, 11) is 0. The average molecular weight is 410 g/mol. The SMILES string of the molecule is Cc1cccc(NC(=O)c2cccc([N+](=O)[O-])c2)c1C(=O)N1CCC(C(N)=O)CC1. The predicted octanol–water partition coefficient (Wildman–Crippen LogP) is 2.49. The van der Waals surface area contributed by atoms with Crippen LogP contribution in [0.5, 0.6) is 0 Å². The highest BCUT2D eigenvalue weighted by Crippen LogP contribution is 2.26. The number of carbonyl (C=O) groups is 3. The summed E-state index contributed by atoms with van der Waals surface area (Å²) in [5.74, 6) is -1.39. The molecule has 1 saturated heterocycles. The van der Waals surface area contributed by atoms with Crippen LogP contribution in [0.3, 0.4) is 0 Å². The van der Waals surface area contributed by atoms with Gasteiger partial charge in [-0.25, -0.2) is 0 Å². The topological polar surface area (TPSA) is 136 Å². The van der Waals surface area contributed by atoms with Crippen molar-refractivity contribution in [3.63, 3.8) is 0 Å². The lowest BCUT2D eigenvalue weighted by atomic mass is 9.95. The van der Waals surface area contributed by atoms with Gasteiger partial charge in [-0.05, 0) is 37.5 Å². The Balaban J connectivity index is 1.82. The number of primary amides is 1. The Morgan fingerprint density at radius 2 is 1.80 bits per heavy atom. The molecule has 156 valence electrons. The van der Waals surface area contributed by atoms with Crippen LogP contribution in [0.25, 0.3) is 0 Å². The number of hydrogen-bond acceptors (Lipinski definition) is 5. The van der Waals surface area contributed by atoms with Crippen molar-refractivity contribution in [3.05, 3.63) is 69.3 Å². The zero-order valence-electron chi connectivity index (χ0n) is 16.5. The first kappa shape index (κ1) is 21.0. The molecule has 9 heteroatoms. The standard InChI is InChI=1S/C21H22N4O5/c1-13-4-2-7-17(23-20(27)15-5-3-6-16(12-15)25(29)30)18(13)21(28)24-10-8-14(9-11-24)19(22)26/h2-7,12,14H,8-11H2,1H3,(H2,22,26)(H,23,27). The van der Waals surface area contributed by atoms with Crippen LogP contribution in [0.15, 0.2) is 42.5 Å². The number of nitro benzene ring substituents is 1. The molecule has 3 amide bonds. The third-order valence-corrected chi connectivity index (χ3v) is 5.24. The van der Waals surface area contributed by atoms with Crippen molar-refractivity contribution in [1.29, 1.82) is 0 Å². The summed E-state index contributed by atoms with van der Waals surface area (Å²) in [4.78, 5) is 49.2. The summed E-state index contributed by atoms with van der Waals surface area (Å²) in [6.45, 7) is 2.57. The summed E-state index contributed by atoms with van der Waals surface area (Å²) < 4.78 is 0. The van der Waals surface area contributed by atoms with Crippen molar-refractivity contribution in [2.24, 2.45) is 11.7 Å². The Labute approximate surface area is 173 Å². The number of non-ortho nitro benzene ring substituents is 1. The van der Waals surface area contributed by atoms with E-state index in [2.05, 4.69) is 5.32 Å². The molecule has 0 saturated carbocycles. The first-order valence-corrected chi connectivity index (χ1v) is 9.52. The van der Waals surface area contributed by atoms with Crippen molar-refractivity contribution in [2.75, 3.05) is 18.4 Å². The molecule has 3 N–H and O–H groups in total. The number of aryl methyl sites for hydroxylation is 1. The minimum Gasteiger partial charge on any atom is -0.369 e. The normalized spacial score (nSPS) is 14.2. The van der Waals surface area contributed by atoms with Gasteiger partial charge in [0.05, 0.1) is 16.2 Å². The van der Waals surface area contributed by atoms with E-state index >= 15 is 0 Å². The summed E-state index contributed by atoms with van der Waals surface area (Å²) in [5, 5.41) is 13.7. The van der Waals surface area contributed by atoms with Gasteiger partial charge in [0.15, 0.2) is 0 Å². The molecule has 1 heterocycles. The number of rotatable bonds is 5. The molecule has 0 aliphatic carbocycles. The fourth-order valence-electron chi connectivity index (χ4n) is 3.54. The first-order valence-electron chi connectivity index (χ1n) is 9.52. The maximum absolute atomic E-state index is 13.1. The molecule has 0 spiro atoms. The molecule has 2 aromatic carbocycles. The van der Waals surface area contributed by atoms with E-state index < -0.39 is 10.8 Å². The van der Waals surface area contributed by atoms with Gasteiger partial charge >= 0.3 is 0 Å². The molecule has 9 nitrogen and oxygen atoms in total. The van der Waals surface area contributed by atoms with Gasteiger partial charge in [0.25, 0.3) is 17.5 Å². The van der Waals surface area contributed by atoms with Gasteiger partial charge in [-0.2, -0.15) is 0 Å². The van der Waals surface area contributed by atoms with Crippen molar-refractivity contribution in [2.45, 2.75) is 19.8 Å². The van der Waals surface area contributed by atoms with Gasteiger partial charge in [0, 0.05) is 36.7 Å². The van der Waals surface area contributed by atoms with E-state index in [9.17, 15) is 24.5 Å². The lowest BCUT2D eigenvalue weighted by molar-refractivity contribution is -0.384. The number of piperidine rings is 1. The van der Waals surface area contributed by atoms with Gasteiger partial charge in [0.2, 0.25) is 5.91 Å². The molecule has 0 radical (unpaired) electrons. The maximum Gasteiger partial charge on any atom is 0.270 e. The molecule has 0 unspecified atom stereocenters. The van der Waals surface area contributed by atoms with Gasteiger partial charge in [-0.1, -0.05) is 18.2 Å². The van der Waals surface area contributed by atoms with Crippen molar-refractivity contribution < 1.29 is 19.3 Å². The minimum absolute atomic E-state index is 0.117. The second kappa shape index (κ2) is 8.73. The molecular formula is C21H22N4O5. The Bertz CT molecular complexity index is 1010. The van der Waals surface area contributed by atoms with E-state index in [-0.39, 0.29) is 29.0 Å². The molecule has 2 aromatic rings. The van der Waals surface area contributed by atoms with Crippen LogP contribution in [0.2, 0.25) is 0 Å². The van der Waals surface area contributed by atoms with E-state index in [4.69, 9.17) is 5.73 Å². The molecule has 1 aliphatic rings. The monoisotopic (exact) mass is 410 g/mol. The fourth-order valence-corrected chi connectivity index (χ4v) is 3.54. The number of nitrogens with zero attached hydrogens (tertiary/aromatic N) is 2. The van der Waals surface area contributed by atoms with Gasteiger partial charge in [0.1, 0.15) is 0 Å². The summed E-state index contributed by atoms with van der Waals surface area (Å²) in [6.07, 6.45) is 1.00. The lowest BCUT2D eigenvalue weighted by Crippen LogP contribution is -2.42. The zero-order valence-corrected chi connectivity index (χ0v) is 16.5. The highest BCUT2D eigenvalue weighted by Gasteiger charge is 2.28. The van der Waals surface area contributed by atoms with E-state index in [1.165, 1.54) is 24.3 Å². The number of carbonyl (C=O) groups excluding carboxylic acids is 3. The zero-order chi connectivity index (χ0) is 21.8. The molecule has 1 aliphatic heterocycles. The van der Waals surface area contributed by atoms with Gasteiger partial charge in [-0.15, -0.1) is 0 Å². The van der Waals surface area contributed by atoms with Crippen LogP contribution in [0, 0.1) is 23.0 Å².